The van der Waals surface area contributed by atoms with Gasteiger partial charge in [0.15, 0.2) is 5.69 Å². The van der Waals surface area contributed by atoms with Gasteiger partial charge in [-0.15, -0.1) is 0 Å². The number of nitrogens with zero attached hydrogens (tertiary/aromatic N) is 2. The molecule has 0 spiro atoms. The molecule has 5 nitrogen and oxygen atoms in total. The van der Waals surface area contributed by atoms with Crippen LogP contribution in [0.15, 0.2) is 40.9 Å². The van der Waals surface area contributed by atoms with Gasteiger partial charge in [-0.1, -0.05) is 35.5 Å². The van der Waals surface area contributed by atoms with Crippen molar-refractivity contribution in [2.24, 2.45) is 0 Å². The first kappa shape index (κ1) is 15.4. The van der Waals surface area contributed by atoms with Crippen LogP contribution in [0.1, 0.15) is 53.4 Å². The topological polar surface area (TPSA) is 58.4 Å². The Hall–Kier alpha value is -2.14. The Morgan fingerprint density at radius 3 is 2.88 bits per heavy atom. The molecule has 1 aliphatic carbocycles. The summed E-state index contributed by atoms with van der Waals surface area (Å²) in [6, 6.07) is 12.5. The number of benzene rings is 1. The minimum Gasteiger partial charge on any atom is -0.360 e. The second-order valence-corrected chi connectivity index (χ2v) is 6.92. The number of hydrogen-bond donors (Lipinski definition) is 1. The van der Waals surface area contributed by atoms with E-state index in [9.17, 15) is 4.79 Å². The Labute approximate surface area is 142 Å². The van der Waals surface area contributed by atoms with Crippen molar-refractivity contribution in [3.05, 3.63) is 53.4 Å². The van der Waals surface area contributed by atoms with Crippen molar-refractivity contribution >= 4 is 5.91 Å². The monoisotopic (exact) mass is 325 g/mol. The van der Waals surface area contributed by atoms with Gasteiger partial charge in [-0.05, 0) is 37.8 Å². The van der Waals surface area contributed by atoms with Crippen LogP contribution in [-0.2, 0) is 6.54 Å². The summed E-state index contributed by atoms with van der Waals surface area (Å²) in [4.78, 5) is 14.8. The second kappa shape index (κ2) is 6.77. The van der Waals surface area contributed by atoms with E-state index in [4.69, 9.17) is 4.52 Å². The van der Waals surface area contributed by atoms with Gasteiger partial charge in [0.25, 0.3) is 5.91 Å². The quantitative estimate of drug-likeness (QED) is 0.918. The molecule has 1 saturated carbocycles. The number of piperidine rings is 1. The second-order valence-electron chi connectivity index (χ2n) is 6.92. The first-order valence-corrected chi connectivity index (χ1v) is 8.82. The molecule has 2 fully saturated rings. The Balaban J connectivity index is 1.32. The molecular weight excluding hydrogens is 302 g/mol. The van der Waals surface area contributed by atoms with Gasteiger partial charge in [0.05, 0.1) is 0 Å². The third-order valence-corrected chi connectivity index (χ3v) is 4.83. The molecule has 4 rings (SSSR count). The minimum absolute atomic E-state index is 0.114. The van der Waals surface area contributed by atoms with Gasteiger partial charge in [-0.25, -0.2) is 0 Å². The molecule has 1 aromatic heterocycles. The van der Waals surface area contributed by atoms with Crippen LogP contribution in [0.5, 0.6) is 0 Å². The summed E-state index contributed by atoms with van der Waals surface area (Å²) in [6.45, 7) is 2.90. The van der Waals surface area contributed by atoms with Crippen molar-refractivity contribution in [1.82, 2.24) is 15.4 Å². The van der Waals surface area contributed by atoms with E-state index in [0.717, 1.165) is 51.1 Å². The van der Waals surface area contributed by atoms with Crippen LogP contribution < -0.4 is 5.32 Å². The summed E-state index contributed by atoms with van der Waals surface area (Å²) < 4.78 is 5.28. The molecule has 1 saturated heterocycles. The zero-order valence-electron chi connectivity index (χ0n) is 13.8. The fourth-order valence-electron chi connectivity index (χ4n) is 3.37. The highest BCUT2D eigenvalue weighted by atomic mass is 16.5. The molecule has 126 valence electrons. The maximum atomic E-state index is 12.4. The number of carbonyl (C=O) groups is 1. The molecule has 0 bridgehead atoms. The molecule has 1 N–H and O–H groups in total. The molecule has 5 heteroatoms. The predicted octanol–water partition coefficient (Wildman–Crippen LogP) is 2.95. The Morgan fingerprint density at radius 1 is 1.25 bits per heavy atom. The smallest absolute Gasteiger partial charge is 0.273 e. The maximum absolute atomic E-state index is 12.4. The summed E-state index contributed by atoms with van der Waals surface area (Å²) in [5, 5.41) is 7.05. The van der Waals surface area contributed by atoms with E-state index >= 15 is 0 Å². The van der Waals surface area contributed by atoms with Crippen molar-refractivity contribution in [3.8, 4) is 0 Å². The fourth-order valence-corrected chi connectivity index (χ4v) is 3.37. The molecule has 2 aliphatic rings. The van der Waals surface area contributed by atoms with Gasteiger partial charge in [-0.2, -0.15) is 0 Å². The molecule has 2 aromatic rings. The van der Waals surface area contributed by atoms with Crippen molar-refractivity contribution in [1.29, 1.82) is 0 Å². The average molecular weight is 325 g/mol. The Kier molecular flexibility index (Phi) is 4.34. The Morgan fingerprint density at radius 2 is 2.08 bits per heavy atom. The third kappa shape index (κ3) is 3.67. The van der Waals surface area contributed by atoms with E-state index in [1.807, 2.05) is 6.07 Å². The molecule has 0 radical (unpaired) electrons. The van der Waals surface area contributed by atoms with Gasteiger partial charge in [0.2, 0.25) is 0 Å². The van der Waals surface area contributed by atoms with Crippen LogP contribution >= 0.6 is 0 Å². The SMILES string of the molecule is O=C(NC1CCCN(Cc2ccccc2)C1)c1cc(C2CC2)on1. The summed E-state index contributed by atoms with van der Waals surface area (Å²) >= 11 is 0. The summed E-state index contributed by atoms with van der Waals surface area (Å²) in [7, 11) is 0. The standard InChI is InChI=1S/C19H23N3O2/c23-19(17-11-18(24-21-17)15-8-9-15)20-16-7-4-10-22(13-16)12-14-5-2-1-3-6-14/h1-3,5-6,11,15-16H,4,7-10,12-13H2,(H,20,23). The average Bonchev–Trinajstić information content (AvgIpc) is 3.33. The van der Waals surface area contributed by atoms with Gasteiger partial charge in [0, 0.05) is 31.1 Å². The van der Waals surface area contributed by atoms with Gasteiger partial charge in [0.1, 0.15) is 5.76 Å². The fraction of sp³-hybridized carbons (Fsp3) is 0.474. The number of aromatic nitrogens is 1. The van der Waals surface area contributed by atoms with Crippen molar-refractivity contribution < 1.29 is 9.32 Å². The zero-order chi connectivity index (χ0) is 16.4. The van der Waals surface area contributed by atoms with Crippen LogP contribution in [0.4, 0.5) is 0 Å². The highest BCUT2D eigenvalue weighted by Crippen LogP contribution is 2.40. The molecule has 24 heavy (non-hydrogen) atoms. The van der Waals surface area contributed by atoms with E-state index in [-0.39, 0.29) is 11.9 Å². The lowest BCUT2D eigenvalue weighted by Crippen LogP contribution is -2.47. The number of nitrogens with one attached hydrogen (secondary N) is 1. The van der Waals surface area contributed by atoms with E-state index < -0.39 is 0 Å². The third-order valence-electron chi connectivity index (χ3n) is 4.83. The van der Waals surface area contributed by atoms with Crippen molar-refractivity contribution in [3.63, 3.8) is 0 Å². The molecule has 1 unspecified atom stereocenters. The van der Waals surface area contributed by atoms with Crippen molar-refractivity contribution in [2.45, 2.75) is 44.2 Å². The van der Waals surface area contributed by atoms with Crippen LogP contribution in [-0.4, -0.2) is 35.1 Å². The lowest BCUT2D eigenvalue weighted by atomic mass is 10.0. The summed E-state index contributed by atoms with van der Waals surface area (Å²) in [5.41, 5.74) is 1.73. The van der Waals surface area contributed by atoms with Crippen LogP contribution in [0.25, 0.3) is 0 Å². The number of rotatable bonds is 5. The van der Waals surface area contributed by atoms with Gasteiger partial charge >= 0.3 is 0 Å². The number of likely N-dealkylation sites (tertiary alicyclic amines) is 1. The highest BCUT2D eigenvalue weighted by Gasteiger charge is 2.29. The van der Waals surface area contributed by atoms with Crippen LogP contribution in [0.3, 0.4) is 0 Å². The summed E-state index contributed by atoms with van der Waals surface area (Å²) in [6.07, 6.45) is 4.41. The predicted molar refractivity (Wildman–Crippen MR) is 90.7 cm³/mol. The summed E-state index contributed by atoms with van der Waals surface area (Å²) in [5.74, 6) is 1.22. The molecule has 1 aliphatic heterocycles. The molecule has 1 atom stereocenters. The zero-order valence-corrected chi connectivity index (χ0v) is 13.8. The van der Waals surface area contributed by atoms with Gasteiger partial charge < -0.3 is 9.84 Å². The largest absolute Gasteiger partial charge is 0.360 e. The Bertz CT molecular complexity index is 694. The molecule has 1 amide bonds. The van der Waals surface area contributed by atoms with E-state index in [0.29, 0.717) is 11.6 Å². The normalized spacial score (nSPS) is 21.6. The van der Waals surface area contributed by atoms with E-state index in [1.165, 1.54) is 5.56 Å². The van der Waals surface area contributed by atoms with Gasteiger partial charge in [-0.3, -0.25) is 9.69 Å². The molecular formula is C19H23N3O2. The number of amides is 1. The van der Waals surface area contributed by atoms with Crippen LogP contribution in [0, 0.1) is 0 Å². The molecule has 2 heterocycles. The highest BCUT2D eigenvalue weighted by molar-refractivity contribution is 5.92. The number of hydrogen-bond acceptors (Lipinski definition) is 4. The first-order valence-electron chi connectivity index (χ1n) is 8.82. The van der Waals surface area contributed by atoms with Crippen molar-refractivity contribution in [2.75, 3.05) is 13.1 Å². The van der Waals surface area contributed by atoms with E-state index in [2.05, 4.69) is 39.6 Å². The first-order chi connectivity index (χ1) is 11.8. The molecule has 1 aromatic carbocycles. The minimum atomic E-state index is -0.114. The van der Waals surface area contributed by atoms with E-state index in [1.54, 1.807) is 6.07 Å². The lowest BCUT2D eigenvalue weighted by molar-refractivity contribution is 0.0891. The number of carbonyl (C=O) groups excluding carboxylic acids is 1. The lowest BCUT2D eigenvalue weighted by Gasteiger charge is -2.33. The maximum Gasteiger partial charge on any atom is 0.273 e. The van der Waals surface area contributed by atoms with Crippen LogP contribution in [0.2, 0.25) is 0 Å².